The lowest BCUT2D eigenvalue weighted by atomic mass is 10.1. The van der Waals surface area contributed by atoms with Crippen molar-refractivity contribution >= 4 is 0 Å². The number of alkyl halides is 2. The maximum Gasteiger partial charge on any atom is 0.285 e. The standard InChI is InChI=1S/C11H14F3N/c1-8(2)15-7-11(13,14)9-3-5-10(12)6-4-9/h3-6,8,15H,7H2,1-2H3. The van der Waals surface area contributed by atoms with E-state index in [-0.39, 0.29) is 11.6 Å². The molecule has 0 saturated heterocycles. The van der Waals surface area contributed by atoms with Crippen LogP contribution in [0.1, 0.15) is 19.4 Å². The van der Waals surface area contributed by atoms with E-state index in [1.54, 1.807) is 13.8 Å². The first-order chi connectivity index (χ1) is 6.92. The second kappa shape index (κ2) is 4.66. The van der Waals surface area contributed by atoms with Crippen LogP contribution in [-0.4, -0.2) is 12.6 Å². The Balaban J connectivity index is 2.72. The zero-order chi connectivity index (χ0) is 11.5. The highest BCUT2D eigenvalue weighted by Gasteiger charge is 2.31. The Morgan fingerprint density at radius 3 is 2.20 bits per heavy atom. The summed E-state index contributed by atoms with van der Waals surface area (Å²) in [7, 11) is 0. The zero-order valence-corrected chi connectivity index (χ0v) is 8.73. The fourth-order valence-corrected chi connectivity index (χ4v) is 1.13. The molecular formula is C11H14F3N. The minimum atomic E-state index is -2.96. The number of benzene rings is 1. The van der Waals surface area contributed by atoms with Crippen molar-refractivity contribution < 1.29 is 13.2 Å². The molecule has 0 aliphatic rings. The fraction of sp³-hybridized carbons (Fsp3) is 0.455. The number of rotatable bonds is 4. The van der Waals surface area contributed by atoms with Crippen LogP contribution in [0, 0.1) is 5.82 Å². The molecule has 0 spiro atoms. The molecule has 0 aliphatic heterocycles. The van der Waals surface area contributed by atoms with Crippen LogP contribution in [0.15, 0.2) is 24.3 Å². The van der Waals surface area contributed by atoms with Crippen LogP contribution >= 0.6 is 0 Å². The molecule has 0 radical (unpaired) electrons. The molecule has 0 amide bonds. The summed E-state index contributed by atoms with van der Waals surface area (Å²) in [6.07, 6.45) is 0. The Morgan fingerprint density at radius 2 is 1.73 bits per heavy atom. The van der Waals surface area contributed by atoms with Gasteiger partial charge >= 0.3 is 0 Å². The molecule has 4 heteroatoms. The smallest absolute Gasteiger partial charge is 0.285 e. The molecule has 1 N–H and O–H groups in total. The highest BCUT2D eigenvalue weighted by molar-refractivity contribution is 5.21. The van der Waals surface area contributed by atoms with Crippen molar-refractivity contribution in [3.8, 4) is 0 Å². The summed E-state index contributed by atoms with van der Waals surface area (Å²) in [6.45, 7) is 3.15. The summed E-state index contributed by atoms with van der Waals surface area (Å²) in [6, 6.07) is 4.29. The number of hydrogen-bond donors (Lipinski definition) is 1. The van der Waals surface area contributed by atoms with E-state index in [0.29, 0.717) is 0 Å². The normalized spacial score (nSPS) is 12.1. The Kier molecular flexibility index (Phi) is 3.74. The topological polar surface area (TPSA) is 12.0 Å². The number of halogens is 3. The molecule has 1 aromatic carbocycles. The molecule has 1 aromatic rings. The van der Waals surface area contributed by atoms with Crippen LogP contribution in [0.25, 0.3) is 0 Å². The van der Waals surface area contributed by atoms with E-state index in [0.717, 1.165) is 24.3 Å². The van der Waals surface area contributed by atoms with Crippen LogP contribution in [0.3, 0.4) is 0 Å². The third-order valence-electron chi connectivity index (χ3n) is 2.00. The van der Waals surface area contributed by atoms with Gasteiger partial charge in [0.05, 0.1) is 6.54 Å². The lowest BCUT2D eigenvalue weighted by Gasteiger charge is -2.19. The number of hydrogen-bond acceptors (Lipinski definition) is 1. The van der Waals surface area contributed by atoms with E-state index in [1.807, 2.05) is 0 Å². The lowest BCUT2D eigenvalue weighted by molar-refractivity contribution is -0.00489. The van der Waals surface area contributed by atoms with Gasteiger partial charge in [-0.2, -0.15) is 8.78 Å². The van der Waals surface area contributed by atoms with Crippen LogP contribution < -0.4 is 5.32 Å². The van der Waals surface area contributed by atoms with Crippen molar-refractivity contribution in [3.05, 3.63) is 35.6 Å². The molecule has 0 atom stereocenters. The Morgan fingerprint density at radius 1 is 1.20 bits per heavy atom. The van der Waals surface area contributed by atoms with Crippen molar-refractivity contribution in [2.75, 3.05) is 6.54 Å². The Hall–Kier alpha value is -1.03. The number of nitrogens with one attached hydrogen (secondary N) is 1. The molecule has 0 unspecified atom stereocenters. The van der Waals surface area contributed by atoms with Crippen molar-refractivity contribution in [2.45, 2.75) is 25.8 Å². The summed E-state index contributed by atoms with van der Waals surface area (Å²) in [5.41, 5.74) is -0.169. The molecule has 84 valence electrons. The molecule has 0 heterocycles. The molecule has 0 aromatic heterocycles. The average Bonchev–Trinajstić information content (AvgIpc) is 2.16. The van der Waals surface area contributed by atoms with Gasteiger partial charge in [0.2, 0.25) is 0 Å². The van der Waals surface area contributed by atoms with E-state index in [9.17, 15) is 13.2 Å². The monoisotopic (exact) mass is 217 g/mol. The maximum atomic E-state index is 13.5. The zero-order valence-electron chi connectivity index (χ0n) is 8.73. The molecule has 1 nitrogen and oxygen atoms in total. The molecular weight excluding hydrogens is 203 g/mol. The third-order valence-corrected chi connectivity index (χ3v) is 2.00. The van der Waals surface area contributed by atoms with E-state index in [1.165, 1.54) is 0 Å². The summed E-state index contributed by atoms with van der Waals surface area (Å²) < 4.78 is 39.5. The molecule has 0 fully saturated rings. The van der Waals surface area contributed by atoms with Gasteiger partial charge in [0.15, 0.2) is 0 Å². The SMILES string of the molecule is CC(C)NCC(F)(F)c1ccc(F)cc1. The molecule has 0 saturated carbocycles. The average molecular weight is 217 g/mol. The van der Waals surface area contributed by atoms with Gasteiger partial charge in [-0.3, -0.25) is 0 Å². The fourth-order valence-electron chi connectivity index (χ4n) is 1.13. The van der Waals surface area contributed by atoms with Gasteiger partial charge in [-0.05, 0) is 12.1 Å². The van der Waals surface area contributed by atoms with E-state index in [4.69, 9.17) is 0 Å². The van der Waals surface area contributed by atoms with Gasteiger partial charge in [0.1, 0.15) is 5.82 Å². The first-order valence-corrected chi connectivity index (χ1v) is 4.79. The Bertz CT molecular complexity index is 306. The van der Waals surface area contributed by atoms with Crippen molar-refractivity contribution in [1.82, 2.24) is 5.32 Å². The minimum Gasteiger partial charge on any atom is -0.309 e. The summed E-state index contributed by atoms with van der Waals surface area (Å²) in [5, 5.41) is 2.66. The van der Waals surface area contributed by atoms with E-state index < -0.39 is 18.3 Å². The highest BCUT2D eigenvalue weighted by Crippen LogP contribution is 2.27. The summed E-state index contributed by atoms with van der Waals surface area (Å²) >= 11 is 0. The predicted octanol–water partition coefficient (Wildman–Crippen LogP) is 2.92. The van der Waals surface area contributed by atoms with Crippen LogP contribution in [-0.2, 0) is 5.92 Å². The lowest BCUT2D eigenvalue weighted by Crippen LogP contribution is -2.34. The van der Waals surface area contributed by atoms with E-state index >= 15 is 0 Å². The highest BCUT2D eigenvalue weighted by atomic mass is 19.3. The van der Waals surface area contributed by atoms with Crippen molar-refractivity contribution in [1.29, 1.82) is 0 Å². The van der Waals surface area contributed by atoms with Gasteiger partial charge in [0, 0.05) is 11.6 Å². The summed E-state index contributed by atoms with van der Waals surface area (Å²) in [5.74, 6) is -3.47. The molecule has 0 aliphatic carbocycles. The second-order valence-electron chi connectivity index (χ2n) is 3.75. The minimum absolute atomic E-state index is 0.00340. The Labute approximate surface area is 87.3 Å². The van der Waals surface area contributed by atoms with Crippen LogP contribution in [0.2, 0.25) is 0 Å². The van der Waals surface area contributed by atoms with E-state index in [2.05, 4.69) is 5.32 Å². The van der Waals surface area contributed by atoms with Gasteiger partial charge in [0.25, 0.3) is 5.92 Å². The maximum absolute atomic E-state index is 13.5. The van der Waals surface area contributed by atoms with Gasteiger partial charge in [-0.1, -0.05) is 26.0 Å². The quantitative estimate of drug-likeness (QED) is 0.817. The van der Waals surface area contributed by atoms with Gasteiger partial charge in [-0.25, -0.2) is 4.39 Å². The molecule has 15 heavy (non-hydrogen) atoms. The predicted molar refractivity (Wildman–Crippen MR) is 53.4 cm³/mol. The van der Waals surface area contributed by atoms with Crippen molar-refractivity contribution in [2.24, 2.45) is 0 Å². The van der Waals surface area contributed by atoms with Crippen LogP contribution in [0.5, 0.6) is 0 Å². The van der Waals surface area contributed by atoms with Crippen LogP contribution in [0.4, 0.5) is 13.2 Å². The van der Waals surface area contributed by atoms with Crippen molar-refractivity contribution in [3.63, 3.8) is 0 Å². The third kappa shape index (κ3) is 3.55. The largest absolute Gasteiger partial charge is 0.309 e. The molecule has 0 bridgehead atoms. The molecule has 1 rings (SSSR count). The first kappa shape index (κ1) is 12.0. The summed E-state index contributed by atoms with van der Waals surface area (Å²) in [4.78, 5) is 0. The van der Waals surface area contributed by atoms with Gasteiger partial charge < -0.3 is 5.32 Å². The van der Waals surface area contributed by atoms with Gasteiger partial charge in [-0.15, -0.1) is 0 Å². The first-order valence-electron chi connectivity index (χ1n) is 4.79. The second-order valence-corrected chi connectivity index (χ2v) is 3.75.